The van der Waals surface area contributed by atoms with Crippen LogP contribution in [0.15, 0.2) is 72.8 Å². The van der Waals surface area contributed by atoms with Crippen LogP contribution in [0, 0.1) is 21.8 Å². The number of hydroxylamine groups is 1. The first-order chi connectivity index (χ1) is 15.9. The summed E-state index contributed by atoms with van der Waals surface area (Å²) in [6.45, 7) is 0. The first kappa shape index (κ1) is 21.0. The van der Waals surface area contributed by atoms with Crippen molar-refractivity contribution < 1.29 is 23.7 Å². The van der Waals surface area contributed by atoms with Crippen molar-refractivity contribution >= 4 is 40.5 Å². The molecule has 166 valence electrons. The summed E-state index contributed by atoms with van der Waals surface area (Å²) in [6, 6.07) is 16.7. The lowest BCUT2D eigenvalue weighted by molar-refractivity contribution is -0.384. The van der Waals surface area contributed by atoms with Crippen LogP contribution >= 0.6 is 11.6 Å². The lowest BCUT2D eigenvalue weighted by Gasteiger charge is -2.29. The number of imide groups is 1. The van der Waals surface area contributed by atoms with Crippen LogP contribution in [0.1, 0.15) is 11.6 Å². The lowest BCUT2D eigenvalue weighted by Crippen LogP contribution is -2.37. The van der Waals surface area contributed by atoms with Gasteiger partial charge in [0.25, 0.3) is 11.6 Å². The third-order valence-electron chi connectivity index (χ3n) is 5.72. The van der Waals surface area contributed by atoms with E-state index in [1.807, 2.05) is 0 Å². The molecule has 2 fully saturated rings. The van der Waals surface area contributed by atoms with Crippen molar-refractivity contribution in [3.8, 4) is 0 Å². The SMILES string of the molecule is O=C1[C@@H]2[C@H](ON(c3cccc([N+](=O)[O-])c3)[C@@H]2c2ccccc2Cl)C(=O)N1c1ccc(F)cc1. The average Bonchev–Trinajstić information content (AvgIpc) is 3.31. The first-order valence-corrected chi connectivity index (χ1v) is 10.3. The zero-order chi connectivity index (χ0) is 23.3. The molecule has 10 heteroatoms. The van der Waals surface area contributed by atoms with Gasteiger partial charge in [-0.2, -0.15) is 0 Å². The van der Waals surface area contributed by atoms with Crippen LogP contribution in [0.4, 0.5) is 21.5 Å². The number of carbonyl (C=O) groups is 2. The predicted molar refractivity (Wildman–Crippen MR) is 117 cm³/mol. The van der Waals surface area contributed by atoms with E-state index in [2.05, 4.69) is 0 Å². The van der Waals surface area contributed by atoms with E-state index in [1.54, 1.807) is 30.3 Å². The number of hydrogen-bond acceptors (Lipinski definition) is 6. The normalized spacial score (nSPS) is 22.1. The Morgan fingerprint density at radius 3 is 2.36 bits per heavy atom. The Morgan fingerprint density at radius 1 is 0.939 bits per heavy atom. The molecule has 0 unspecified atom stereocenters. The van der Waals surface area contributed by atoms with Crippen molar-refractivity contribution in [2.75, 3.05) is 9.96 Å². The Bertz CT molecular complexity index is 1290. The molecule has 8 nitrogen and oxygen atoms in total. The van der Waals surface area contributed by atoms with Crippen molar-refractivity contribution in [3.63, 3.8) is 0 Å². The van der Waals surface area contributed by atoms with Gasteiger partial charge in [-0.25, -0.2) is 14.4 Å². The number of non-ortho nitro benzene ring substituents is 1. The Hall–Kier alpha value is -3.82. The van der Waals surface area contributed by atoms with Crippen LogP contribution in [-0.2, 0) is 14.4 Å². The van der Waals surface area contributed by atoms with Gasteiger partial charge in [0.05, 0.1) is 22.3 Å². The van der Waals surface area contributed by atoms with Crippen LogP contribution in [-0.4, -0.2) is 22.8 Å². The first-order valence-electron chi connectivity index (χ1n) is 9.95. The van der Waals surface area contributed by atoms with Crippen molar-refractivity contribution in [2.45, 2.75) is 12.1 Å². The molecule has 5 rings (SSSR count). The zero-order valence-electron chi connectivity index (χ0n) is 16.8. The number of nitro benzene ring substituents is 1. The number of amides is 2. The van der Waals surface area contributed by atoms with Gasteiger partial charge in [-0.1, -0.05) is 35.9 Å². The highest BCUT2D eigenvalue weighted by Gasteiger charge is 2.60. The number of carbonyl (C=O) groups excluding carboxylic acids is 2. The highest BCUT2D eigenvalue weighted by Crippen LogP contribution is 2.49. The molecule has 2 aliphatic rings. The van der Waals surface area contributed by atoms with Crippen molar-refractivity contribution in [2.24, 2.45) is 5.92 Å². The van der Waals surface area contributed by atoms with Gasteiger partial charge >= 0.3 is 0 Å². The number of hydrogen-bond donors (Lipinski definition) is 0. The molecule has 2 saturated heterocycles. The number of nitrogens with zero attached hydrogens (tertiary/aromatic N) is 3. The molecule has 0 radical (unpaired) electrons. The van der Waals surface area contributed by atoms with E-state index in [0.29, 0.717) is 16.3 Å². The molecule has 3 atom stereocenters. The summed E-state index contributed by atoms with van der Waals surface area (Å²) in [5, 5.41) is 13.0. The fourth-order valence-electron chi connectivity index (χ4n) is 4.26. The molecule has 3 aromatic rings. The summed E-state index contributed by atoms with van der Waals surface area (Å²) in [4.78, 5) is 44.4. The molecule has 2 aliphatic heterocycles. The fraction of sp³-hybridized carbons (Fsp3) is 0.130. The molecule has 0 aromatic heterocycles. The predicted octanol–water partition coefficient (Wildman–Crippen LogP) is 4.44. The molecule has 0 saturated carbocycles. The highest BCUT2D eigenvalue weighted by atomic mass is 35.5. The van der Waals surface area contributed by atoms with Crippen LogP contribution in [0.2, 0.25) is 5.02 Å². The van der Waals surface area contributed by atoms with E-state index < -0.39 is 40.6 Å². The Labute approximate surface area is 191 Å². The van der Waals surface area contributed by atoms with E-state index >= 15 is 0 Å². The molecule has 0 aliphatic carbocycles. The maximum Gasteiger partial charge on any atom is 0.271 e. The number of rotatable bonds is 4. The van der Waals surface area contributed by atoms with Crippen molar-refractivity contribution in [1.29, 1.82) is 0 Å². The summed E-state index contributed by atoms with van der Waals surface area (Å²) in [5.74, 6) is -2.61. The van der Waals surface area contributed by atoms with Gasteiger partial charge in [0.15, 0.2) is 6.10 Å². The van der Waals surface area contributed by atoms with Gasteiger partial charge in [-0.05, 0) is 42.0 Å². The van der Waals surface area contributed by atoms with E-state index in [-0.39, 0.29) is 11.4 Å². The van der Waals surface area contributed by atoms with Crippen molar-refractivity contribution in [1.82, 2.24) is 0 Å². The third-order valence-corrected chi connectivity index (χ3v) is 6.06. The summed E-state index contributed by atoms with van der Waals surface area (Å²) in [6.07, 6.45) is -1.18. The van der Waals surface area contributed by atoms with Crippen LogP contribution in [0.5, 0.6) is 0 Å². The second kappa shape index (κ2) is 7.95. The largest absolute Gasteiger partial charge is 0.273 e. The van der Waals surface area contributed by atoms with Gasteiger partial charge < -0.3 is 0 Å². The molecular formula is C23H15ClFN3O5. The van der Waals surface area contributed by atoms with Crippen LogP contribution in [0.3, 0.4) is 0 Å². The maximum atomic E-state index is 13.5. The minimum absolute atomic E-state index is 0.170. The summed E-state index contributed by atoms with van der Waals surface area (Å²) in [5.41, 5.74) is 0.888. The monoisotopic (exact) mass is 467 g/mol. The molecule has 2 amide bonds. The summed E-state index contributed by atoms with van der Waals surface area (Å²) >= 11 is 6.44. The molecular weight excluding hydrogens is 453 g/mol. The van der Waals surface area contributed by atoms with Gasteiger partial charge in [0, 0.05) is 17.2 Å². The number of anilines is 2. The minimum atomic E-state index is -1.18. The quantitative estimate of drug-likeness (QED) is 0.320. The van der Waals surface area contributed by atoms with Gasteiger partial charge in [-0.3, -0.25) is 24.5 Å². The second-order valence-corrected chi connectivity index (χ2v) is 8.02. The van der Waals surface area contributed by atoms with Crippen LogP contribution < -0.4 is 9.96 Å². The van der Waals surface area contributed by atoms with E-state index in [1.165, 1.54) is 35.4 Å². The Kier molecular flexibility index (Phi) is 5.07. The number of fused-ring (bicyclic) bond motifs is 1. The van der Waals surface area contributed by atoms with E-state index in [9.17, 15) is 24.1 Å². The van der Waals surface area contributed by atoms with Gasteiger partial charge in [0.2, 0.25) is 5.91 Å². The Morgan fingerprint density at radius 2 is 1.67 bits per heavy atom. The third kappa shape index (κ3) is 3.42. The molecule has 0 N–H and O–H groups in total. The van der Waals surface area contributed by atoms with Gasteiger partial charge in [0.1, 0.15) is 11.7 Å². The fourth-order valence-corrected chi connectivity index (χ4v) is 4.51. The highest BCUT2D eigenvalue weighted by molar-refractivity contribution is 6.31. The number of benzene rings is 3. The molecule has 0 bridgehead atoms. The standard InChI is InChI=1S/C23H15ClFN3O5/c24-18-7-2-1-6-17(18)20-19-21(33-27(20)15-4-3-5-16(12-15)28(31)32)23(30)26(22(19)29)14-10-8-13(25)9-11-14/h1-12,19-21H/t19-,20+,21-/m0/s1. The van der Waals surface area contributed by atoms with Gasteiger partial charge in [-0.15, -0.1) is 0 Å². The number of halogens is 2. The number of nitro groups is 1. The minimum Gasteiger partial charge on any atom is -0.273 e. The molecule has 2 heterocycles. The smallest absolute Gasteiger partial charge is 0.271 e. The van der Waals surface area contributed by atoms with E-state index in [0.717, 1.165) is 17.0 Å². The Balaban J connectivity index is 1.61. The maximum absolute atomic E-state index is 13.5. The molecule has 33 heavy (non-hydrogen) atoms. The average molecular weight is 468 g/mol. The second-order valence-electron chi connectivity index (χ2n) is 7.61. The zero-order valence-corrected chi connectivity index (χ0v) is 17.6. The lowest BCUT2D eigenvalue weighted by atomic mass is 9.90. The van der Waals surface area contributed by atoms with E-state index in [4.69, 9.17) is 16.4 Å². The molecule has 3 aromatic carbocycles. The van der Waals surface area contributed by atoms with Crippen LogP contribution in [0.25, 0.3) is 0 Å². The summed E-state index contributed by atoms with van der Waals surface area (Å²) < 4.78 is 13.4. The topological polar surface area (TPSA) is 93.0 Å². The molecule has 0 spiro atoms. The summed E-state index contributed by atoms with van der Waals surface area (Å²) in [7, 11) is 0. The van der Waals surface area contributed by atoms with Crippen molar-refractivity contribution in [3.05, 3.63) is 99.3 Å².